The number of benzene rings is 1. The van der Waals surface area contributed by atoms with E-state index in [1.807, 2.05) is 35.2 Å². The number of ether oxygens (including phenoxy) is 2. The Morgan fingerprint density at radius 1 is 1.23 bits per heavy atom. The fourth-order valence-corrected chi connectivity index (χ4v) is 3.59. The van der Waals surface area contributed by atoms with Crippen molar-refractivity contribution in [1.82, 2.24) is 4.90 Å². The van der Waals surface area contributed by atoms with Crippen LogP contribution in [0.1, 0.15) is 24.8 Å². The van der Waals surface area contributed by atoms with Crippen LogP contribution in [-0.4, -0.2) is 42.8 Å². The molecule has 2 unspecified atom stereocenters. The first-order valence-electron chi connectivity index (χ1n) is 8.04. The lowest BCUT2D eigenvalue weighted by Gasteiger charge is -2.47. The molecule has 0 aromatic heterocycles. The molecule has 2 atom stereocenters. The van der Waals surface area contributed by atoms with Crippen molar-refractivity contribution in [3.8, 4) is 0 Å². The largest absolute Gasteiger partial charge is 0.445 e. The Bertz CT molecular complexity index is 480. The van der Waals surface area contributed by atoms with Crippen molar-refractivity contribution < 1.29 is 14.3 Å². The van der Waals surface area contributed by atoms with E-state index in [1.165, 1.54) is 0 Å². The summed E-state index contributed by atoms with van der Waals surface area (Å²) in [6.07, 6.45) is 2.75. The van der Waals surface area contributed by atoms with Crippen LogP contribution < -0.4 is 5.73 Å². The highest BCUT2D eigenvalue weighted by atomic mass is 16.6. The van der Waals surface area contributed by atoms with Gasteiger partial charge in [0.15, 0.2) is 0 Å². The van der Waals surface area contributed by atoms with Gasteiger partial charge in [-0.3, -0.25) is 4.90 Å². The van der Waals surface area contributed by atoms with Crippen LogP contribution in [0.2, 0.25) is 0 Å². The van der Waals surface area contributed by atoms with Crippen LogP contribution in [0, 0.1) is 5.92 Å². The van der Waals surface area contributed by atoms with E-state index in [0.29, 0.717) is 32.3 Å². The van der Waals surface area contributed by atoms with E-state index in [0.717, 1.165) is 24.8 Å². The van der Waals surface area contributed by atoms with Crippen molar-refractivity contribution in [2.24, 2.45) is 11.7 Å². The van der Waals surface area contributed by atoms with Gasteiger partial charge in [-0.15, -0.1) is 0 Å². The zero-order valence-corrected chi connectivity index (χ0v) is 12.8. The predicted octanol–water partition coefficient (Wildman–Crippen LogP) is 2.15. The molecule has 2 N–H and O–H groups in total. The number of piperidine rings is 1. The molecule has 1 aromatic rings. The van der Waals surface area contributed by atoms with Gasteiger partial charge in [-0.25, -0.2) is 4.79 Å². The summed E-state index contributed by atoms with van der Waals surface area (Å²) in [5, 5.41) is 0. The summed E-state index contributed by atoms with van der Waals surface area (Å²) < 4.78 is 11.1. The topological polar surface area (TPSA) is 64.8 Å². The van der Waals surface area contributed by atoms with Crippen molar-refractivity contribution in [3.63, 3.8) is 0 Å². The highest BCUT2D eigenvalue weighted by molar-refractivity contribution is 5.69. The third kappa shape index (κ3) is 3.42. The minimum atomic E-state index is -0.214. The lowest BCUT2D eigenvalue weighted by Crippen LogP contribution is -2.59. The number of nitrogens with two attached hydrogens (primary N) is 1. The van der Waals surface area contributed by atoms with Gasteiger partial charge in [0.1, 0.15) is 6.61 Å². The van der Waals surface area contributed by atoms with Crippen LogP contribution >= 0.6 is 0 Å². The molecule has 2 fully saturated rings. The Balaban J connectivity index is 1.60. The zero-order valence-electron chi connectivity index (χ0n) is 12.8. The van der Waals surface area contributed by atoms with Gasteiger partial charge < -0.3 is 15.2 Å². The lowest BCUT2D eigenvalue weighted by atomic mass is 9.83. The fourth-order valence-electron chi connectivity index (χ4n) is 3.59. The van der Waals surface area contributed by atoms with E-state index in [4.69, 9.17) is 15.2 Å². The number of fused-ring (bicyclic) bond motifs is 2. The third-order valence-electron chi connectivity index (χ3n) is 4.61. The second kappa shape index (κ2) is 7.11. The summed E-state index contributed by atoms with van der Waals surface area (Å²) >= 11 is 0. The maximum Gasteiger partial charge on any atom is 0.410 e. The number of carbonyl (C=O) groups excluding carboxylic acids is 1. The molecule has 3 rings (SSSR count). The molecule has 1 aromatic carbocycles. The molecule has 5 nitrogen and oxygen atoms in total. The SMILES string of the molecule is NCCC1CC2COCC(C1)N2C(=O)OCc1ccccc1. The van der Waals surface area contributed by atoms with Gasteiger partial charge in [-0.05, 0) is 37.3 Å². The van der Waals surface area contributed by atoms with E-state index in [-0.39, 0.29) is 18.2 Å². The molecule has 120 valence electrons. The molecule has 2 aliphatic rings. The summed E-state index contributed by atoms with van der Waals surface area (Å²) in [6, 6.07) is 10.0. The molecule has 0 spiro atoms. The first-order valence-corrected chi connectivity index (χ1v) is 8.04. The van der Waals surface area contributed by atoms with Crippen molar-refractivity contribution >= 4 is 6.09 Å². The van der Waals surface area contributed by atoms with Crippen molar-refractivity contribution in [1.29, 1.82) is 0 Å². The molecule has 2 heterocycles. The Hall–Kier alpha value is -1.59. The molecular weight excluding hydrogens is 280 g/mol. The summed E-state index contributed by atoms with van der Waals surface area (Å²) in [4.78, 5) is 14.4. The Morgan fingerprint density at radius 2 is 1.91 bits per heavy atom. The standard InChI is InChI=1S/C17H24N2O3/c18-7-6-14-8-15-11-21-12-16(9-14)19(15)17(20)22-10-13-4-2-1-3-5-13/h1-5,14-16H,6-12,18H2. The van der Waals surface area contributed by atoms with Crippen molar-refractivity contribution in [2.75, 3.05) is 19.8 Å². The molecule has 0 aliphatic carbocycles. The lowest BCUT2D eigenvalue weighted by molar-refractivity contribution is -0.0799. The Labute approximate surface area is 131 Å². The van der Waals surface area contributed by atoms with E-state index in [2.05, 4.69) is 0 Å². The van der Waals surface area contributed by atoms with Gasteiger partial charge in [-0.2, -0.15) is 0 Å². The minimum absolute atomic E-state index is 0.132. The van der Waals surface area contributed by atoms with Crippen LogP contribution in [0.4, 0.5) is 4.79 Å². The third-order valence-corrected chi connectivity index (χ3v) is 4.61. The smallest absolute Gasteiger partial charge is 0.410 e. The number of hydrogen-bond donors (Lipinski definition) is 1. The second-order valence-electron chi connectivity index (χ2n) is 6.21. The summed E-state index contributed by atoms with van der Waals surface area (Å²) in [5.74, 6) is 0.599. The van der Waals surface area contributed by atoms with Crippen LogP contribution in [0.25, 0.3) is 0 Å². The predicted molar refractivity (Wildman–Crippen MR) is 83.3 cm³/mol. The number of nitrogens with zero attached hydrogens (tertiary/aromatic N) is 1. The molecule has 2 saturated heterocycles. The molecule has 0 saturated carbocycles. The quantitative estimate of drug-likeness (QED) is 0.925. The van der Waals surface area contributed by atoms with Crippen LogP contribution in [-0.2, 0) is 16.1 Å². The van der Waals surface area contributed by atoms with Crippen LogP contribution in [0.3, 0.4) is 0 Å². The van der Waals surface area contributed by atoms with E-state index in [1.54, 1.807) is 0 Å². The summed E-state index contributed by atoms with van der Waals surface area (Å²) in [7, 11) is 0. The molecule has 1 amide bonds. The van der Waals surface area contributed by atoms with Gasteiger partial charge in [0.05, 0.1) is 25.3 Å². The summed E-state index contributed by atoms with van der Waals surface area (Å²) in [5.41, 5.74) is 6.69. The minimum Gasteiger partial charge on any atom is -0.445 e. The van der Waals surface area contributed by atoms with Crippen LogP contribution in [0.15, 0.2) is 30.3 Å². The van der Waals surface area contributed by atoms with Gasteiger partial charge in [-0.1, -0.05) is 30.3 Å². The molecule has 0 radical (unpaired) electrons. The molecule has 22 heavy (non-hydrogen) atoms. The summed E-state index contributed by atoms with van der Waals surface area (Å²) in [6.45, 7) is 2.25. The van der Waals surface area contributed by atoms with Gasteiger partial charge >= 0.3 is 6.09 Å². The van der Waals surface area contributed by atoms with Gasteiger partial charge in [0, 0.05) is 0 Å². The first-order chi connectivity index (χ1) is 10.8. The number of carbonyl (C=O) groups is 1. The maximum atomic E-state index is 12.5. The van der Waals surface area contributed by atoms with E-state index >= 15 is 0 Å². The van der Waals surface area contributed by atoms with E-state index in [9.17, 15) is 4.79 Å². The Kier molecular flexibility index (Phi) is 4.95. The molecule has 2 aliphatic heterocycles. The number of amides is 1. The second-order valence-corrected chi connectivity index (χ2v) is 6.21. The van der Waals surface area contributed by atoms with Crippen LogP contribution in [0.5, 0.6) is 0 Å². The van der Waals surface area contributed by atoms with Crippen molar-refractivity contribution in [3.05, 3.63) is 35.9 Å². The Morgan fingerprint density at radius 3 is 2.55 bits per heavy atom. The number of rotatable bonds is 4. The number of morpholine rings is 1. The highest BCUT2D eigenvalue weighted by Crippen LogP contribution is 2.33. The van der Waals surface area contributed by atoms with Gasteiger partial charge in [0.2, 0.25) is 0 Å². The molecule has 2 bridgehead atoms. The zero-order chi connectivity index (χ0) is 15.4. The number of hydrogen-bond acceptors (Lipinski definition) is 4. The van der Waals surface area contributed by atoms with Crippen molar-refractivity contribution in [2.45, 2.75) is 38.0 Å². The normalized spacial score (nSPS) is 27.5. The fraction of sp³-hybridized carbons (Fsp3) is 0.588. The van der Waals surface area contributed by atoms with Gasteiger partial charge in [0.25, 0.3) is 0 Å². The average molecular weight is 304 g/mol. The molecular formula is C17H24N2O3. The first kappa shape index (κ1) is 15.3. The average Bonchev–Trinajstić information content (AvgIpc) is 2.53. The monoisotopic (exact) mass is 304 g/mol. The highest BCUT2D eigenvalue weighted by Gasteiger charge is 2.42. The molecule has 5 heteroatoms. The maximum absolute atomic E-state index is 12.5. The van der Waals surface area contributed by atoms with E-state index < -0.39 is 0 Å².